The van der Waals surface area contributed by atoms with Crippen molar-refractivity contribution >= 4 is 17.5 Å². The van der Waals surface area contributed by atoms with Crippen molar-refractivity contribution in [3.05, 3.63) is 29.8 Å². The molecule has 0 atom stereocenters. The topological polar surface area (TPSA) is 61.4 Å². The second-order valence-electron chi connectivity index (χ2n) is 5.92. The van der Waals surface area contributed by atoms with Gasteiger partial charge in [-0.2, -0.15) is 0 Å². The Kier molecular flexibility index (Phi) is 5.95. The fourth-order valence-corrected chi connectivity index (χ4v) is 2.62. The third kappa shape index (κ3) is 4.56. The number of hydrogen-bond donors (Lipinski definition) is 2. The number of anilines is 1. The summed E-state index contributed by atoms with van der Waals surface area (Å²) in [6.07, 6.45) is 0.505. The highest BCUT2D eigenvalue weighted by Crippen LogP contribution is 2.23. The van der Waals surface area contributed by atoms with Crippen molar-refractivity contribution in [2.45, 2.75) is 32.6 Å². The predicted octanol–water partition coefficient (Wildman–Crippen LogP) is 1.96. The van der Waals surface area contributed by atoms with Gasteiger partial charge in [-0.05, 0) is 17.5 Å². The molecule has 1 aromatic rings. The number of nitrogens with one attached hydrogen (secondary N) is 2. The highest BCUT2D eigenvalue weighted by atomic mass is 16.2. The van der Waals surface area contributed by atoms with Crippen LogP contribution >= 0.6 is 0 Å². The zero-order valence-corrected chi connectivity index (χ0v) is 13.4. The molecule has 2 rings (SSSR count). The molecule has 0 spiro atoms. The minimum absolute atomic E-state index is 0.0637. The van der Waals surface area contributed by atoms with Crippen molar-refractivity contribution in [2.24, 2.45) is 0 Å². The van der Waals surface area contributed by atoms with E-state index in [1.54, 1.807) is 0 Å². The van der Waals surface area contributed by atoms with E-state index in [4.69, 9.17) is 0 Å². The number of hydrogen-bond acceptors (Lipinski definition) is 3. The smallest absolute Gasteiger partial charge is 0.224 e. The summed E-state index contributed by atoms with van der Waals surface area (Å²) in [5, 5.41) is 6.14. The molecule has 0 saturated carbocycles. The largest absolute Gasteiger partial charge is 0.340 e. The van der Waals surface area contributed by atoms with Crippen molar-refractivity contribution in [2.75, 3.05) is 31.5 Å². The van der Waals surface area contributed by atoms with E-state index in [1.165, 1.54) is 0 Å². The first kappa shape index (κ1) is 16.5. The van der Waals surface area contributed by atoms with Crippen molar-refractivity contribution in [1.82, 2.24) is 10.2 Å². The molecule has 1 saturated heterocycles. The van der Waals surface area contributed by atoms with Gasteiger partial charge in [0, 0.05) is 44.7 Å². The molecular formula is C17H25N3O2. The molecule has 5 heteroatoms. The average molecular weight is 303 g/mol. The molecule has 22 heavy (non-hydrogen) atoms. The standard InChI is InChI=1S/C17H25N3O2/c1-13(2)14-5-3-4-6-15(14)19-16(21)7-8-17(22)20-11-9-18-10-12-20/h3-6,13,18H,7-12H2,1-2H3,(H,19,21). The highest BCUT2D eigenvalue weighted by Gasteiger charge is 2.17. The van der Waals surface area contributed by atoms with Gasteiger partial charge < -0.3 is 15.5 Å². The van der Waals surface area contributed by atoms with Crippen LogP contribution in [0.1, 0.15) is 38.2 Å². The summed E-state index contributed by atoms with van der Waals surface area (Å²) in [4.78, 5) is 26.0. The van der Waals surface area contributed by atoms with Crippen LogP contribution in [0.15, 0.2) is 24.3 Å². The summed E-state index contributed by atoms with van der Waals surface area (Å²) in [6.45, 7) is 7.32. The van der Waals surface area contributed by atoms with Crippen LogP contribution in [0.2, 0.25) is 0 Å². The zero-order chi connectivity index (χ0) is 15.9. The minimum atomic E-state index is -0.100. The lowest BCUT2D eigenvalue weighted by Gasteiger charge is -2.27. The number of carbonyl (C=O) groups is 2. The van der Waals surface area contributed by atoms with Crippen molar-refractivity contribution < 1.29 is 9.59 Å². The molecule has 1 aliphatic rings. The molecule has 0 radical (unpaired) electrons. The van der Waals surface area contributed by atoms with Gasteiger partial charge in [-0.1, -0.05) is 32.0 Å². The summed E-state index contributed by atoms with van der Waals surface area (Å²) in [7, 11) is 0. The summed E-state index contributed by atoms with van der Waals surface area (Å²) in [5.41, 5.74) is 1.96. The van der Waals surface area contributed by atoms with Gasteiger partial charge in [0.15, 0.2) is 0 Å². The molecule has 5 nitrogen and oxygen atoms in total. The lowest BCUT2D eigenvalue weighted by molar-refractivity contribution is -0.133. The lowest BCUT2D eigenvalue weighted by atomic mass is 10.0. The van der Waals surface area contributed by atoms with Crippen LogP contribution in [0.5, 0.6) is 0 Å². The monoisotopic (exact) mass is 303 g/mol. The van der Waals surface area contributed by atoms with Crippen LogP contribution in [0, 0.1) is 0 Å². The summed E-state index contributed by atoms with van der Waals surface area (Å²) >= 11 is 0. The SMILES string of the molecule is CC(C)c1ccccc1NC(=O)CCC(=O)N1CCNCC1. The fraction of sp³-hybridized carbons (Fsp3) is 0.529. The minimum Gasteiger partial charge on any atom is -0.340 e. The Morgan fingerprint density at radius 2 is 1.86 bits per heavy atom. The van der Waals surface area contributed by atoms with Gasteiger partial charge in [0.1, 0.15) is 0 Å². The molecule has 1 aliphatic heterocycles. The maximum absolute atomic E-state index is 12.1. The van der Waals surface area contributed by atoms with E-state index in [2.05, 4.69) is 24.5 Å². The molecule has 120 valence electrons. The van der Waals surface area contributed by atoms with E-state index in [1.807, 2.05) is 29.2 Å². The van der Waals surface area contributed by atoms with Crippen molar-refractivity contribution in [3.63, 3.8) is 0 Å². The van der Waals surface area contributed by atoms with Gasteiger partial charge in [-0.3, -0.25) is 9.59 Å². The van der Waals surface area contributed by atoms with Gasteiger partial charge in [-0.15, -0.1) is 0 Å². The molecular weight excluding hydrogens is 278 g/mol. The van der Waals surface area contributed by atoms with Gasteiger partial charge in [0.25, 0.3) is 0 Å². The Morgan fingerprint density at radius 1 is 1.18 bits per heavy atom. The van der Waals surface area contributed by atoms with Crippen molar-refractivity contribution in [1.29, 1.82) is 0 Å². The zero-order valence-electron chi connectivity index (χ0n) is 13.4. The second-order valence-corrected chi connectivity index (χ2v) is 5.92. The van der Waals surface area contributed by atoms with E-state index in [0.29, 0.717) is 5.92 Å². The maximum Gasteiger partial charge on any atom is 0.224 e. The van der Waals surface area contributed by atoms with E-state index >= 15 is 0 Å². The van der Waals surface area contributed by atoms with Crippen LogP contribution in [0.4, 0.5) is 5.69 Å². The number of carbonyl (C=O) groups excluding carboxylic acids is 2. The predicted molar refractivity (Wildman–Crippen MR) is 87.8 cm³/mol. The number of amides is 2. The number of piperazine rings is 1. The number of nitrogens with zero attached hydrogens (tertiary/aromatic N) is 1. The lowest BCUT2D eigenvalue weighted by Crippen LogP contribution is -2.46. The summed E-state index contributed by atoms with van der Waals surface area (Å²) in [6, 6.07) is 7.81. The number of benzene rings is 1. The number of para-hydroxylation sites is 1. The molecule has 1 heterocycles. The maximum atomic E-state index is 12.1. The molecule has 0 unspecified atom stereocenters. The highest BCUT2D eigenvalue weighted by molar-refractivity contribution is 5.93. The Bertz CT molecular complexity index is 522. The van der Waals surface area contributed by atoms with Gasteiger partial charge in [-0.25, -0.2) is 0 Å². The van der Waals surface area contributed by atoms with E-state index in [9.17, 15) is 9.59 Å². The first-order chi connectivity index (χ1) is 10.6. The van der Waals surface area contributed by atoms with Crippen LogP contribution in [0.3, 0.4) is 0 Å². The molecule has 0 aliphatic carbocycles. The van der Waals surface area contributed by atoms with Crippen LogP contribution in [-0.2, 0) is 9.59 Å². The molecule has 2 N–H and O–H groups in total. The number of rotatable bonds is 5. The molecule has 2 amide bonds. The molecule has 1 aromatic carbocycles. The Hall–Kier alpha value is -1.88. The molecule has 0 bridgehead atoms. The quantitative estimate of drug-likeness (QED) is 0.874. The second kappa shape index (κ2) is 7.94. The third-order valence-corrected chi connectivity index (χ3v) is 3.89. The molecule has 0 aromatic heterocycles. The van der Waals surface area contributed by atoms with Crippen LogP contribution in [-0.4, -0.2) is 42.9 Å². The molecule has 1 fully saturated rings. The average Bonchev–Trinajstić information content (AvgIpc) is 2.53. The fourth-order valence-electron chi connectivity index (χ4n) is 2.62. The Balaban J connectivity index is 1.84. The first-order valence-electron chi connectivity index (χ1n) is 7.95. The summed E-state index contributed by atoms with van der Waals surface area (Å²) in [5.74, 6) is 0.310. The summed E-state index contributed by atoms with van der Waals surface area (Å²) < 4.78 is 0. The first-order valence-corrected chi connectivity index (χ1v) is 7.95. The van der Waals surface area contributed by atoms with Crippen LogP contribution in [0.25, 0.3) is 0 Å². The third-order valence-electron chi connectivity index (χ3n) is 3.89. The normalized spacial score (nSPS) is 15.0. The Labute approximate surface area is 132 Å². The van der Waals surface area contributed by atoms with E-state index in [0.717, 1.165) is 37.4 Å². The van der Waals surface area contributed by atoms with E-state index < -0.39 is 0 Å². The van der Waals surface area contributed by atoms with Crippen molar-refractivity contribution in [3.8, 4) is 0 Å². The van der Waals surface area contributed by atoms with Gasteiger partial charge in [0.2, 0.25) is 11.8 Å². The van der Waals surface area contributed by atoms with E-state index in [-0.39, 0.29) is 24.7 Å². The van der Waals surface area contributed by atoms with Gasteiger partial charge in [0.05, 0.1) is 0 Å². The van der Waals surface area contributed by atoms with Crippen LogP contribution < -0.4 is 10.6 Å². The Morgan fingerprint density at radius 3 is 2.55 bits per heavy atom. The van der Waals surface area contributed by atoms with Gasteiger partial charge >= 0.3 is 0 Å².